The number of aromatic carboxylic acids is 1. The predicted molar refractivity (Wildman–Crippen MR) is 68.4 cm³/mol. The van der Waals surface area contributed by atoms with Crippen LogP contribution in [0, 0.1) is 5.82 Å². The third kappa shape index (κ3) is 3.35. The van der Waals surface area contributed by atoms with E-state index in [4.69, 9.17) is 0 Å². The maximum Gasteiger partial charge on any atom is 0.195 e. The molecule has 19 heavy (non-hydrogen) atoms. The van der Waals surface area contributed by atoms with Crippen molar-refractivity contribution in [3.05, 3.63) is 63.6 Å². The lowest BCUT2D eigenvalue weighted by Crippen LogP contribution is -2.20. The van der Waals surface area contributed by atoms with Crippen LogP contribution in [0.2, 0.25) is 0 Å². The minimum atomic E-state index is -1.31. The molecule has 0 radical (unpaired) electrons. The second-order valence-electron chi connectivity index (χ2n) is 3.70. The van der Waals surface area contributed by atoms with E-state index in [2.05, 4.69) is 0 Å². The van der Waals surface area contributed by atoms with Gasteiger partial charge in [-0.05, 0) is 35.9 Å². The maximum absolute atomic E-state index is 12.9. The second-order valence-corrected chi connectivity index (χ2v) is 4.79. The summed E-state index contributed by atoms with van der Waals surface area (Å²) in [5, 5.41) is 10.6. The fourth-order valence-corrected chi connectivity index (χ4v) is 2.21. The number of hydrogen-bond donors (Lipinski definition) is 0. The van der Waals surface area contributed by atoms with Crippen molar-refractivity contribution in [3.8, 4) is 0 Å². The van der Waals surface area contributed by atoms with Gasteiger partial charge in [-0.1, -0.05) is 18.2 Å². The van der Waals surface area contributed by atoms with Gasteiger partial charge in [0.2, 0.25) is 0 Å². The number of thiophene rings is 1. The standard InChI is InChI=1S/C14H9FO3S/c15-10-3-1-2-9(8-10)4-5-11(16)12-6-7-13(19-12)14(17)18/h1-8H,(H,17,18)/p-1/b5-4+. The molecule has 0 N–H and O–H groups in total. The zero-order valence-corrected chi connectivity index (χ0v) is 10.4. The highest BCUT2D eigenvalue weighted by atomic mass is 32.1. The van der Waals surface area contributed by atoms with E-state index in [9.17, 15) is 19.1 Å². The first kappa shape index (κ1) is 13.2. The molecule has 0 amide bonds. The number of rotatable bonds is 4. The van der Waals surface area contributed by atoms with Crippen LogP contribution in [0.5, 0.6) is 0 Å². The first-order valence-electron chi connectivity index (χ1n) is 5.35. The van der Waals surface area contributed by atoms with E-state index in [-0.39, 0.29) is 16.5 Å². The molecule has 0 saturated heterocycles. The Labute approximate surface area is 112 Å². The van der Waals surface area contributed by atoms with Crippen LogP contribution in [0.25, 0.3) is 6.08 Å². The summed E-state index contributed by atoms with van der Waals surface area (Å²) in [5.41, 5.74) is 0.560. The second kappa shape index (κ2) is 5.58. The van der Waals surface area contributed by atoms with E-state index >= 15 is 0 Å². The Bertz CT molecular complexity index is 658. The lowest BCUT2D eigenvalue weighted by Gasteiger charge is -1.94. The highest BCUT2D eigenvalue weighted by molar-refractivity contribution is 7.16. The molecule has 0 spiro atoms. The van der Waals surface area contributed by atoms with E-state index < -0.39 is 5.97 Å². The number of carboxylic acid groups (broad SMARTS) is 1. The van der Waals surface area contributed by atoms with Crippen molar-refractivity contribution in [1.82, 2.24) is 0 Å². The van der Waals surface area contributed by atoms with Gasteiger partial charge >= 0.3 is 0 Å². The molecule has 1 aromatic heterocycles. The minimum Gasteiger partial charge on any atom is -0.544 e. The molecule has 0 bridgehead atoms. The van der Waals surface area contributed by atoms with Crippen molar-refractivity contribution in [3.63, 3.8) is 0 Å². The maximum atomic E-state index is 12.9. The minimum absolute atomic E-state index is 0.00232. The Morgan fingerprint density at radius 1 is 1.16 bits per heavy atom. The number of carbonyl (C=O) groups excluding carboxylic acids is 2. The van der Waals surface area contributed by atoms with Crippen LogP contribution in [-0.2, 0) is 0 Å². The van der Waals surface area contributed by atoms with E-state index in [0.717, 1.165) is 11.3 Å². The molecule has 3 nitrogen and oxygen atoms in total. The molecule has 1 heterocycles. The van der Waals surface area contributed by atoms with Gasteiger partial charge in [0.05, 0.1) is 15.7 Å². The molecule has 0 atom stereocenters. The van der Waals surface area contributed by atoms with Gasteiger partial charge in [0, 0.05) is 0 Å². The van der Waals surface area contributed by atoms with E-state index in [1.165, 1.54) is 36.4 Å². The molecule has 0 fully saturated rings. The average molecular weight is 275 g/mol. The zero-order valence-electron chi connectivity index (χ0n) is 9.63. The third-order valence-corrected chi connectivity index (χ3v) is 3.41. The number of allylic oxidation sites excluding steroid dienone is 1. The molecule has 0 aliphatic carbocycles. The van der Waals surface area contributed by atoms with Crippen molar-refractivity contribution < 1.29 is 19.1 Å². The fraction of sp³-hybridized carbons (Fsp3) is 0. The Balaban J connectivity index is 2.14. The van der Waals surface area contributed by atoms with Crippen LogP contribution in [0.15, 0.2) is 42.5 Å². The fourth-order valence-electron chi connectivity index (χ4n) is 1.44. The highest BCUT2D eigenvalue weighted by Crippen LogP contribution is 2.17. The van der Waals surface area contributed by atoms with E-state index in [1.807, 2.05) is 0 Å². The van der Waals surface area contributed by atoms with Gasteiger partial charge in [0.25, 0.3) is 0 Å². The van der Waals surface area contributed by atoms with Crippen LogP contribution in [0.3, 0.4) is 0 Å². The number of ketones is 1. The third-order valence-electron chi connectivity index (χ3n) is 2.33. The summed E-state index contributed by atoms with van der Waals surface area (Å²) in [5.74, 6) is -2.02. The van der Waals surface area contributed by atoms with Gasteiger partial charge in [-0.3, -0.25) is 4.79 Å². The first-order valence-corrected chi connectivity index (χ1v) is 6.17. The molecule has 2 aromatic rings. The van der Waals surface area contributed by atoms with Crippen molar-refractivity contribution in [2.24, 2.45) is 0 Å². The zero-order chi connectivity index (χ0) is 13.8. The van der Waals surface area contributed by atoms with Gasteiger partial charge in [0.15, 0.2) is 5.78 Å². The van der Waals surface area contributed by atoms with E-state index in [1.54, 1.807) is 12.1 Å². The average Bonchev–Trinajstić information content (AvgIpc) is 2.86. The Morgan fingerprint density at radius 2 is 1.89 bits per heavy atom. The topological polar surface area (TPSA) is 57.2 Å². The molecule has 2 rings (SSSR count). The highest BCUT2D eigenvalue weighted by Gasteiger charge is 2.06. The molecule has 1 aromatic carbocycles. The van der Waals surface area contributed by atoms with Crippen LogP contribution in [0.4, 0.5) is 4.39 Å². The normalized spacial score (nSPS) is 10.8. The van der Waals surface area contributed by atoms with Crippen molar-refractivity contribution in [2.45, 2.75) is 0 Å². The first-order chi connectivity index (χ1) is 9.06. The van der Waals surface area contributed by atoms with Crippen LogP contribution < -0.4 is 5.11 Å². The summed E-state index contributed by atoms with van der Waals surface area (Å²) in [4.78, 5) is 22.6. The summed E-state index contributed by atoms with van der Waals surface area (Å²) >= 11 is 0.850. The molecule has 96 valence electrons. The SMILES string of the molecule is O=C([O-])c1ccc(C(=O)/C=C/c2cccc(F)c2)s1. The molecule has 0 unspecified atom stereocenters. The largest absolute Gasteiger partial charge is 0.544 e. The molecular formula is C14H8FO3S-. The summed E-state index contributed by atoms with van der Waals surface area (Å²) in [7, 11) is 0. The molecule has 0 aliphatic rings. The van der Waals surface area contributed by atoms with Gasteiger partial charge in [-0.2, -0.15) is 0 Å². The van der Waals surface area contributed by atoms with Gasteiger partial charge in [-0.15, -0.1) is 11.3 Å². The quantitative estimate of drug-likeness (QED) is 0.634. The van der Waals surface area contributed by atoms with Crippen LogP contribution in [-0.4, -0.2) is 11.8 Å². The summed E-state index contributed by atoms with van der Waals surface area (Å²) in [6, 6.07) is 8.55. The Hall–Kier alpha value is -2.27. The van der Waals surface area contributed by atoms with Crippen molar-refractivity contribution in [1.29, 1.82) is 0 Å². The van der Waals surface area contributed by atoms with Crippen LogP contribution in [0.1, 0.15) is 24.9 Å². The van der Waals surface area contributed by atoms with Gasteiger partial charge in [-0.25, -0.2) is 4.39 Å². The smallest absolute Gasteiger partial charge is 0.195 e. The Morgan fingerprint density at radius 3 is 2.53 bits per heavy atom. The van der Waals surface area contributed by atoms with Crippen molar-refractivity contribution >= 4 is 29.2 Å². The lowest BCUT2D eigenvalue weighted by atomic mass is 10.2. The number of carboxylic acids is 1. The summed E-state index contributed by atoms with van der Waals surface area (Å²) in [6.45, 7) is 0. The Kier molecular flexibility index (Phi) is 3.87. The van der Waals surface area contributed by atoms with Crippen molar-refractivity contribution in [2.75, 3.05) is 0 Å². The van der Waals surface area contributed by atoms with E-state index in [0.29, 0.717) is 10.4 Å². The number of carbonyl (C=O) groups is 2. The van der Waals surface area contributed by atoms with Crippen LogP contribution >= 0.6 is 11.3 Å². The molecule has 0 aliphatic heterocycles. The number of halogens is 1. The van der Waals surface area contributed by atoms with Gasteiger partial charge in [0.1, 0.15) is 5.82 Å². The lowest BCUT2D eigenvalue weighted by molar-refractivity contribution is -0.254. The molecule has 0 saturated carbocycles. The summed E-state index contributed by atoms with van der Waals surface area (Å²) < 4.78 is 12.9. The number of benzene rings is 1. The molecule has 5 heteroatoms. The monoisotopic (exact) mass is 275 g/mol. The summed E-state index contributed by atoms with van der Waals surface area (Å²) in [6.07, 6.45) is 2.75. The molecular weight excluding hydrogens is 267 g/mol. The number of hydrogen-bond acceptors (Lipinski definition) is 4. The van der Waals surface area contributed by atoms with Gasteiger partial charge < -0.3 is 9.90 Å². The predicted octanol–water partition coefficient (Wildman–Crippen LogP) is 2.15.